The Hall–Kier alpha value is -2.14. The van der Waals surface area contributed by atoms with Crippen LogP contribution in [-0.4, -0.2) is 41.0 Å². The molecule has 2 N–H and O–H groups in total. The normalized spacial score (nSPS) is 16.1. The topological polar surface area (TPSA) is 58.3 Å². The maximum absolute atomic E-state index is 5.70. The second-order valence-electron chi connectivity index (χ2n) is 5.48. The molecule has 1 fully saturated rings. The van der Waals surface area contributed by atoms with E-state index < -0.39 is 0 Å². The van der Waals surface area contributed by atoms with Crippen LogP contribution in [0.5, 0.6) is 0 Å². The zero-order valence-corrected chi connectivity index (χ0v) is 12.4. The highest BCUT2D eigenvalue weighted by atomic mass is 15.3. The molecule has 110 valence electrons. The van der Waals surface area contributed by atoms with E-state index in [4.69, 9.17) is 5.73 Å². The largest absolute Gasteiger partial charge is 0.368 e. The maximum atomic E-state index is 5.70. The summed E-state index contributed by atoms with van der Waals surface area (Å²) in [4.78, 5) is 13.2. The van der Waals surface area contributed by atoms with E-state index in [0.717, 1.165) is 44.1 Å². The molecule has 0 unspecified atom stereocenters. The van der Waals surface area contributed by atoms with E-state index in [1.807, 2.05) is 6.92 Å². The first-order chi connectivity index (χ1) is 10.2. The van der Waals surface area contributed by atoms with Crippen LogP contribution >= 0.6 is 0 Å². The van der Waals surface area contributed by atoms with Crippen LogP contribution < -0.4 is 10.6 Å². The molecule has 1 saturated heterocycles. The molecule has 0 aliphatic carbocycles. The van der Waals surface area contributed by atoms with E-state index >= 15 is 0 Å². The van der Waals surface area contributed by atoms with Gasteiger partial charge in [0, 0.05) is 44.5 Å². The molecule has 1 aromatic carbocycles. The van der Waals surface area contributed by atoms with Crippen molar-refractivity contribution in [1.82, 2.24) is 14.9 Å². The van der Waals surface area contributed by atoms with Crippen molar-refractivity contribution in [2.75, 3.05) is 36.8 Å². The van der Waals surface area contributed by atoms with E-state index in [9.17, 15) is 0 Å². The van der Waals surface area contributed by atoms with Crippen LogP contribution in [-0.2, 0) is 6.54 Å². The molecule has 1 aliphatic rings. The molecule has 21 heavy (non-hydrogen) atoms. The number of nitrogens with zero attached hydrogens (tertiary/aromatic N) is 4. The number of benzene rings is 1. The maximum Gasteiger partial charge on any atom is 0.221 e. The number of nitrogen functional groups attached to an aromatic ring is 1. The van der Waals surface area contributed by atoms with Gasteiger partial charge in [-0.1, -0.05) is 30.3 Å². The Morgan fingerprint density at radius 2 is 1.81 bits per heavy atom. The van der Waals surface area contributed by atoms with Crippen molar-refractivity contribution < 1.29 is 0 Å². The lowest BCUT2D eigenvalue weighted by Crippen LogP contribution is -2.46. The van der Waals surface area contributed by atoms with E-state index in [2.05, 4.69) is 50.1 Å². The third kappa shape index (κ3) is 3.31. The summed E-state index contributed by atoms with van der Waals surface area (Å²) in [5.41, 5.74) is 8.16. The summed E-state index contributed by atoms with van der Waals surface area (Å²) in [7, 11) is 0. The smallest absolute Gasteiger partial charge is 0.221 e. The molecule has 0 saturated carbocycles. The van der Waals surface area contributed by atoms with E-state index in [1.54, 1.807) is 6.20 Å². The number of hydrogen-bond donors (Lipinski definition) is 1. The van der Waals surface area contributed by atoms with Crippen molar-refractivity contribution in [1.29, 1.82) is 0 Å². The highest BCUT2D eigenvalue weighted by Gasteiger charge is 2.19. The Labute approximate surface area is 125 Å². The Balaban J connectivity index is 1.61. The standard InChI is InChI=1S/C16H21N5/c1-13-11-18-16(17)19-15(13)21-9-7-20(8-10-21)12-14-5-3-2-4-6-14/h2-6,11H,7-10,12H2,1H3,(H2,17,18,19). The molecular weight excluding hydrogens is 262 g/mol. The van der Waals surface area contributed by atoms with Crippen LogP contribution in [0.4, 0.5) is 11.8 Å². The lowest BCUT2D eigenvalue weighted by Gasteiger charge is -2.36. The van der Waals surface area contributed by atoms with Gasteiger partial charge in [0.25, 0.3) is 0 Å². The molecule has 2 heterocycles. The summed E-state index contributed by atoms with van der Waals surface area (Å²) in [6, 6.07) is 10.6. The van der Waals surface area contributed by atoms with Gasteiger partial charge >= 0.3 is 0 Å². The average molecular weight is 283 g/mol. The predicted octanol–water partition coefficient (Wildman–Crippen LogP) is 1.69. The highest BCUT2D eigenvalue weighted by Crippen LogP contribution is 2.19. The van der Waals surface area contributed by atoms with Gasteiger partial charge in [0.15, 0.2) is 0 Å². The van der Waals surface area contributed by atoms with Crippen LogP contribution in [0.15, 0.2) is 36.5 Å². The van der Waals surface area contributed by atoms with Gasteiger partial charge in [-0.25, -0.2) is 4.98 Å². The SMILES string of the molecule is Cc1cnc(N)nc1N1CCN(Cc2ccccc2)CC1. The van der Waals surface area contributed by atoms with Crippen molar-refractivity contribution in [3.05, 3.63) is 47.7 Å². The first kappa shape index (κ1) is 13.8. The molecular formula is C16H21N5. The van der Waals surface area contributed by atoms with Gasteiger partial charge < -0.3 is 10.6 Å². The third-order valence-electron chi connectivity index (χ3n) is 3.88. The van der Waals surface area contributed by atoms with Crippen molar-refractivity contribution in [3.8, 4) is 0 Å². The van der Waals surface area contributed by atoms with Gasteiger partial charge in [-0.15, -0.1) is 0 Å². The fraction of sp³-hybridized carbons (Fsp3) is 0.375. The van der Waals surface area contributed by atoms with Crippen molar-refractivity contribution in [3.63, 3.8) is 0 Å². The molecule has 2 aromatic rings. The summed E-state index contributed by atoms with van der Waals surface area (Å²) < 4.78 is 0. The Kier molecular flexibility index (Phi) is 4.01. The van der Waals surface area contributed by atoms with E-state index in [0.29, 0.717) is 5.95 Å². The summed E-state index contributed by atoms with van der Waals surface area (Å²) >= 11 is 0. The Morgan fingerprint density at radius 1 is 1.10 bits per heavy atom. The van der Waals surface area contributed by atoms with Gasteiger partial charge in [-0.3, -0.25) is 4.90 Å². The fourth-order valence-electron chi connectivity index (χ4n) is 2.73. The van der Waals surface area contributed by atoms with Crippen molar-refractivity contribution >= 4 is 11.8 Å². The molecule has 0 bridgehead atoms. The summed E-state index contributed by atoms with van der Waals surface area (Å²) in [6.07, 6.45) is 1.80. The second kappa shape index (κ2) is 6.10. The second-order valence-corrected chi connectivity index (χ2v) is 5.48. The van der Waals surface area contributed by atoms with Crippen LogP contribution in [0.25, 0.3) is 0 Å². The third-order valence-corrected chi connectivity index (χ3v) is 3.88. The van der Waals surface area contributed by atoms with Crippen molar-refractivity contribution in [2.24, 2.45) is 0 Å². The molecule has 1 aromatic heterocycles. The first-order valence-corrected chi connectivity index (χ1v) is 7.33. The zero-order valence-electron chi connectivity index (χ0n) is 12.4. The minimum Gasteiger partial charge on any atom is -0.368 e. The quantitative estimate of drug-likeness (QED) is 0.929. The van der Waals surface area contributed by atoms with Crippen LogP contribution in [0.3, 0.4) is 0 Å². The lowest BCUT2D eigenvalue weighted by molar-refractivity contribution is 0.249. The molecule has 0 atom stereocenters. The summed E-state index contributed by atoms with van der Waals surface area (Å²) in [5, 5.41) is 0. The number of anilines is 2. The fourth-order valence-corrected chi connectivity index (χ4v) is 2.73. The highest BCUT2D eigenvalue weighted by molar-refractivity contribution is 5.48. The van der Waals surface area contributed by atoms with E-state index in [1.165, 1.54) is 5.56 Å². The minimum absolute atomic E-state index is 0.349. The summed E-state index contributed by atoms with van der Waals surface area (Å²) in [6.45, 7) is 7.08. The van der Waals surface area contributed by atoms with Crippen LogP contribution in [0, 0.1) is 6.92 Å². The van der Waals surface area contributed by atoms with Crippen LogP contribution in [0.2, 0.25) is 0 Å². The first-order valence-electron chi connectivity index (χ1n) is 7.33. The van der Waals surface area contributed by atoms with Gasteiger partial charge in [0.1, 0.15) is 5.82 Å². The molecule has 0 spiro atoms. The molecule has 5 nitrogen and oxygen atoms in total. The van der Waals surface area contributed by atoms with Crippen LogP contribution in [0.1, 0.15) is 11.1 Å². The Morgan fingerprint density at radius 3 is 2.52 bits per heavy atom. The Bertz CT molecular complexity index is 591. The molecule has 1 aliphatic heterocycles. The number of piperazine rings is 1. The number of aromatic nitrogens is 2. The summed E-state index contributed by atoms with van der Waals surface area (Å²) in [5.74, 6) is 1.32. The van der Waals surface area contributed by atoms with Gasteiger partial charge in [0.05, 0.1) is 0 Å². The van der Waals surface area contributed by atoms with Crippen molar-refractivity contribution in [2.45, 2.75) is 13.5 Å². The number of hydrogen-bond acceptors (Lipinski definition) is 5. The lowest BCUT2D eigenvalue weighted by atomic mass is 10.2. The van der Waals surface area contributed by atoms with Gasteiger partial charge in [-0.05, 0) is 12.5 Å². The molecule has 5 heteroatoms. The predicted molar refractivity (Wildman–Crippen MR) is 85.1 cm³/mol. The monoisotopic (exact) mass is 283 g/mol. The zero-order chi connectivity index (χ0) is 14.7. The van der Waals surface area contributed by atoms with Gasteiger partial charge in [-0.2, -0.15) is 4.98 Å². The average Bonchev–Trinajstić information content (AvgIpc) is 2.52. The molecule has 3 rings (SSSR count). The number of rotatable bonds is 3. The molecule has 0 radical (unpaired) electrons. The van der Waals surface area contributed by atoms with Gasteiger partial charge in [0.2, 0.25) is 5.95 Å². The molecule has 0 amide bonds. The van der Waals surface area contributed by atoms with E-state index in [-0.39, 0.29) is 0 Å². The minimum atomic E-state index is 0.349. The number of aryl methyl sites for hydroxylation is 1. The number of nitrogens with two attached hydrogens (primary N) is 1.